The Kier molecular flexibility index (Phi) is 4.78. The lowest BCUT2D eigenvalue weighted by atomic mass is 9.96. The predicted molar refractivity (Wildman–Crippen MR) is 101 cm³/mol. The van der Waals surface area contributed by atoms with Crippen LogP contribution in [0.4, 0.5) is 35.9 Å². The lowest BCUT2D eigenvalue weighted by molar-refractivity contribution is -0.179. The quantitative estimate of drug-likeness (QED) is 0.807. The number of benzene rings is 2. The molecule has 2 heterocycles. The largest absolute Gasteiger partial charge is 0.482 e. The zero-order valence-corrected chi connectivity index (χ0v) is 15.1. The van der Waals surface area contributed by atoms with Gasteiger partial charge in [-0.2, -0.15) is 13.2 Å². The highest BCUT2D eigenvalue weighted by Crippen LogP contribution is 2.36. The molecule has 28 heavy (non-hydrogen) atoms. The summed E-state index contributed by atoms with van der Waals surface area (Å²) in [4.78, 5) is 13.3. The van der Waals surface area contributed by atoms with Gasteiger partial charge in [0.15, 0.2) is 6.61 Å². The van der Waals surface area contributed by atoms with Gasteiger partial charge in [-0.3, -0.25) is 4.79 Å². The molecular weight excluding hydrogens is 371 g/mol. The molecule has 2 N–H and O–H groups in total. The summed E-state index contributed by atoms with van der Waals surface area (Å²) in [7, 11) is 0. The number of nitrogens with zero attached hydrogens (tertiary/aromatic N) is 1. The molecule has 5 nitrogen and oxygen atoms in total. The molecule has 0 radical (unpaired) electrons. The minimum atomic E-state index is -4.10. The standard InChI is InChI=1S/C20H20F3N3O2/c21-20(22,23)13-7-9-26(10-8-13)16-4-1-14(2-5-16)24-15-3-6-17-18(11-15)28-12-19(27)25-17/h1-6,11,13,24H,7-10,12H2,(H,25,27). The summed E-state index contributed by atoms with van der Waals surface area (Å²) < 4.78 is 43.8. The first kappa shape index (κ1) is 18.5. The zero-order valence-electron chi connectivity index (χ0n) is 15.1. The van der Waals surface area contributed by atoms with E-state index >= 15 is 0 Å². The van der Waals surface area contributed by atoms with Gasteiger partial charge in [-0.25, -0.2) is 0 Å². The van der Waals surface area contributed by atoms with E-state index in [0.29, 0.717) is 24.5 Å². The van der Waals surface area contributed by atoms with Gasteiger partial charge < -0.3 is 20.3 Å². The summed E-state index contributed by atoms with van der Waals surface area (Å²) in [5.41, 5.74) is 3.23. The Morgan fingerprint density at radius 1 is 1.04 bits per heavy atom. The van der Waals surface area contributed by atoms with Crippen LogP contribution in [0.15, 0.2) is 42.5 Å². The van der Waals surface area contributed by atoms with Crippen LogP contribution >= 0.6 is 0 Å². The van der Waals surface area contributed by atoms with Crippen molar-refractivity contribution in [1.82, 2.24) is 0 Å². The fraction of sp³-hybridized carbons (Fsp3) is 0.350. The number of alkyl halides is 3. The van der Waals surface area contributed by atoms with Crippen LogP contribution in [0.25, 0.3) is 0 Å². The van der Waals surface area contributed by atoms with Crippen LogP contribution in [0, 0.1) is 5.92 Å². The number of carbonyl (C=O) groups is 1. The Hall–Kier alpha value is -2.90. The summed E-state index contributed by atoms with van der Waals surface area (Å²) >= 11 is 0. The Morgan fingerprint density at radius 3 is 2.39 bits per heavy atom. The van der Waals surface area contributed by atoms with Gasteiger partial charge in [0.2, 0.25) is 0 Å². The van der Waals surface area contributed by atoms with Gasteiger partial charge in [-0.05, 0) is 49.2 Å². The van der Waals surface area contributed by atoms with Crippen molar-refractivity contribution >= 4 is 28.7 Å². The van der Waals surface area contributed by atoms with E-state index in [2.05, 4.69) is 10.6 Å². The highest BCUT2D eigenvalue weighted by Gasteiger charge is 2.41. The molecule has 8 heteroatoms. The number of amides is 1. The van der Waals surface area contributed by atoms with Crippen molar-refractivity contribution in [3.05, 3.63) is 42.5 Å². The van der Waals surface area contributed by atoms with Crippen molar-refractivity contribution in [2.45, 2.75) is 19.0 Å². The number of carbonyl (C=O) groups excluding carboxylic acids is 1. The molecule has 0 saturated carbocycles. The first-order valence-corrected chi connectivity index (χ1v) is 9.14. The van der Waals surface area contributed by atoms with Crippen LogP contribution in [-0.2, 0) is 4.79 Å². The molecular formula is C20H20F3N3O2. The first-order valence-electron chi connectivity index (χ1n) is 9.14. The minimum Gasteiger partial charge on any atom is -0.482 e. The second-order valence-electron chi connectivity index (χ2n) is 7.02. The smallest absolute Gasteiger partial charge is 0.391 e. The maximum Gasteiger partial charge on any atom is 0.391 e. The van der Waals surface area contributed by atoms with Crippen LogP contribution in [0.3, 0.4) is 0 Å². The van der Waals surface area contributed by atoms with Gasteiger partial charge >= 0.3 is 6.18 Å². The van der Waals surface area contributed by atoms with E-state index in [0.717, 1.165) is 17.1 Å². The number of ether oxygens (including phenoxy) is 1. The molecule has 1 fully saturated rings. The molecule has 148 valence electrons. The Labute approximate surface area is 160 Å². The number of piperidine rings is 1. The highest BCUT2D eigenvalue weighted by molar-refractivity contribution is 5.95. The lowest BCUT2D eigenvalue weighted by Gasteiger charge is -2.34. The number of hydrogen-bond acceptors (Lipinski definition) is 4. The molecule has 1 amide bonds. The summed E-state index contributed by atoms with van der Waals surface area (Å²) in [5.74, 6) is -0.766. The van der Waals surface area contributed by atoms with E-state index < -0.39 is 12.1 Å². The Bertz CT molecular complexity index is 860. The van der Waals surface area contributed by atoms with Crippen molar-refractivity contribution in [1.29, 1.82) is 0 Å². The molecule has 2 aromatic rings. The van der Waals surface area contributed by atoms with Gasteiger partial charge in [0.1, 0.15) is 5.75 Å². The topological polar surface area (TPSA) is 53.6 Å². The molecule has 1 saturated heterocycles. The summed E-state index contributed by atoms with van der Waals surface area (Å²) in [6.07, 6.45) is -3.83. The fourth-order valence-electron chi connectivity index (χ4n) is 3.54. The number of rotatable bonds is 3. The lowest BCUT2D eigenvalue weighted by Crippen LogP contribution is -2.38. The number of halogens is 3. The molecule has 0 atom stereocenters. The van der Waals surface area contributed by atoms with E-state index in [-0.39, 0.29) is 25.4 Å². The predicted octanol–water partition coefficient (Wildman–Crippen LogP) is 4.54. The van der Waals surface area contributed by atoms with Crippen LogP contribution < -0.4 is 20.3 Å². The minimum absolute atomic E-state index is 0.00379. The molecule has 0 aromatic heterocycles. The van der Waals surface area contributed by atoms with Gasteiger partial charge in [0, 0.05) is 36.2 Å². The molecule has 4 rings (SSSR count). The Morgan fingerprint density at radius 2 is 1.71 bits per heavy atom. The normalized spacial score (nSPS) is 17.5. The van der Waals surface area contributed by atoms with Gasteiger partial charge in [0.05, 0.1) is 11.6 Å². The second kappa shape index (κ2) is 7.26. The maximum atomic E-state index is 12.8. The van der Waals surface area contributed by atoms with E-state index in [1.807, 2.05) is 41.3 Å². The monoisotopic (exact) mass is 391 g/mol. The van der Waals surface area contributed by atoms with Gasteiger partial charge in [-0.1, -0.05) is 0 Å². The second-order valence-corrected chi connectivity index (χ2v) is 7.02. The van der Waals surface area contributed by atoms with Crippen LogP contribution in [0.1, 0.15) is 12.8 Å². The number of fused-ring (bicyclic) bond motifs is 1. The number of anilines is 4. The van der Waals surface area contributed by atoms with E-state index in [1.54, 1.807) is 6.07 Å². The van der Waals surface area contributed by atoms with E-state index in [4.69, 9.17) is 4.74 Å². The van der Waals surface area contributed by atoms with E-state index in [9.17, 15) is 18.0 Å². The average Bonchev–Trinajstić information content (AvgIpc) is 2.68. The highest BCUT2D eigenvalue weighted by atomic mass is 19.4. The molecule has 2 aromatic carbocycles. The molecule has 2 aliphatic rings. The number of hydrogen-bond donors (Lipinski definition) is 2. The number of nitrogens with one attached hydrogen (secondary N) is 2. The van der Waals surface area contributed by atoms with Crippen LogP contribution in [0.2, 0.25) is 0 Å². The van der Waals surface area contributed by atoms with Gasteiger partial charge in [-0.15, -0.1) is 0 Å². The third-order valence-corrected chi connectivity index (χ3v) is 5.09. The Balaban J connectivity index is 1.38. The molecule has 0 aliphatic carbocycles. The molecule has 2 aliphatic heterocycles. The zero-order chi connectivity index (χ0) is 19.7. The molecule has 0 bridgehead atoms. The van der Waals surface area contributed by atoms with Crippen molar-refractivity contribution in [3.8, 4) is 5.75 Å². The van der Waals surface area contributed by atoms with Gasteiger partial charge in [0.25, 0.3) is 5.91 Å². The summed E-state index contributed by atoms with van der Waals surface area (Å²) in [5, 5.41) is 6.00. The van der Waals surface area contributed by atoms with E-state index in [1.165, 1.54) is 0 Å². The average molecular weight is 391 g/mol. The molecule has 0 unspecified atom stereocenters. The first-order chi connectivity index (χ1) is 13.4. The van der Waals surface area contributed by atoms with Crippen molar-refractivity contribution in [3.63, 3.8) is 0 Å². The third kappa shape index (κ3) is 4.00. The van der Waals surface area contributed by atoms with Crippen LogP contribution in [0.5, 0.6) is 5.75 Å². The SMILES string of the molecule is O=C1COc2cc(Nc3ccc(N4CCC(C(F)(F)F)CC4)cc3)ccc2N1. The fourth-order valence-corrected chi connectivity index (χ4v) is 3.54. The maximum absolute atomic E-state index is 12.8. The third-order valence-electron chi connectivity index (χ3n) is 5.09. The van der Waals surface area contributed by atoms with Crippen molar-refractivity contribution < 1.29 is 22.7 Å². The van der Waals surface area contributed by atoms with Crippen molar-refractivity contribution in [2.75, 3.05) is 35.2 Å². The summed E-state index contributed by atoms with van der Waals surface area (Å²) in [6.45, 7) is 0.811. The van der Waals surface area contributed by atoms with Crippen molar-refractivity contribution in [2.24, 2.45) is 5.92 Å². The van der Waals surface area contributed by atoms with Crippen LogP contribution in [-0.4, -0.2) is 31.8 Å². The molecule has 0 spiro atoms. The summed E-state index contributed by atoms with van der Waals surface area (Å²) in [6, 6.07) is 13.0.